The van der Waals surface area contributed by atoms with Crippen LogP contribution in [-0.4, -0.2) is 23.8 Å². The van der Waals surface area contributed by atoms with Gasteiger partial charge in [0.2, 0.25) is 0 Å². The van der Waals surface area contributed by atoms with Gasteiger partial charge in [0.1, 0.15) is 0 Å². The Labute approximate surface area is 108 Å². The molecule has 19 heavy (non-hydrogen) atoms. The molecule has 1 aromatic rings. The number of nitro groups is 1. The number of hydrogen-bond acceptors (Lipinski definition) is 6. The van der Waals surface area contributed by atoms with Crippen molar-refractivity contribution in [3.63, 3.8) is 0 Å². The van der Waals surface area contributed by atoms with Crippen LogP contribution in [-0.2, 0) is 16.0 Å². The van der Waals surface area contributed by atoms with Crippen LogP contribution in [0.4, 0.5) is 5.69 Å². The van der Waals surface area contributed by atoms with Gasteiger partial charge in [0.15, 0.2) is 6.29 Å². The average Bonchev–Trinajstić information content (AvgIpc) is 2.38. The summed E-state index contributed by atoms with van der Waals surface area (Å²) in [5, 5.41) is 19.7. The fourth-order valence-electron chi connectivity index (χ4n) is 1.56. The first kappa shape index (κ1) is 14.3. The molecule has 7 heteroatoms. The molecule has 7 nitrogen and oxygen atoms in total. The van der Waals surface area contributed by atoms with E-state index in [1.165, 1.54) is 6.07 Å². The van der Waals surface area contributed by atoms with Crippen molar-refractivity contribution < 1.29 is 19.2 Å². The fourth-order valence-corrected chi connectivity index (χ4v) is 1.56. The smallest absolute Gasteiger partial charge is 0.310 e. The molecule has 0 unspecified atom stereocenters. The van der Waals surface area contributed by atoms with Gasteiger partial charge < -0.3 is 4.74 Å². The maximum absolute atomic E-state index is 11.4. The standard InChI is InChI=1S/C12H10N2O5/c1-2-19-12(16)5-10-9(7-15)3-8(6-13)4-11(10)14(17)18/h3-4,7H,2,5H2,1H3. The SMILES string of the molecule is CCOC(=O)Cc1c(C=O)cc(C#N)cc1[N+](=O)[O-]. The molecule has 1 rings (SSSR count). The molecule has 0 aromatic heterocycles. The summed E-state index contributed by atoms with van der Waals surface area (Å²) in [5.41, 5.74) is -0.549. The number of carbonyl (C=O) groups excluding carboxylic acids is 2. The van der Waals surface area contributed by atoms with Crippen molar-refractivity contribution >= 4 is 17.9 Å². The Balaban J connectivity index is 3.34. The van der Waals surface area contributed by atoms with Crippen molar-refractivity contribution in [2.75, 3.05) is 6.61 Å². The van der Waals surface area contributed by atoms with E-state index in [4.69, 9.17) is 10.00 Å². The second-order valence-corrected chi connectivity index (χ2v) is 3.53. The Kier molecular flexibility index (Phi) is 4.71. The van der Waals surface area contributed by atoms with E-state index in [-0.39, 0.29) is 29.7 Å². The monoisotopic (exact) mass is 262 g/mol. The van der Waals surface area contributed by atoms with Crippen molar-refractivity contribution in [1.29, 1.82) is 5.26 Å². The summed E-state index contributed by atoms with van der Waals surface area (Å²) >= 11 is 0. The van der Waals surface area contributed by atoms with E-state index in [1.54, 1.807) is 13.0 Å². The number of carbonyl (C=O) groups is 2. The average molecular weight is 262 g/mol. The summed E-state index contributed by atoms with van der Waals surface area (Å²) in [6.45, 7) is 1.74. The highest BCUT2D eigenvalue weighted by Crippen LogP contribution is 2.24. The Morgan fingerprint density at radius 2 is 2.26 bits per heavy atom. The van der Waals surface area contributed by atoms with E-state index in [1.807, 2.05) is 0 Å². The van der Waals surface area contributed by atoms with Crippen LogP contribution < -0.4 is 0 Å². The summed E-state index contributed by atoms with van der Waals surface area (Å²) in [6.07, 6.45) is -0.00760. The van der Waals surface area contributed by atoms with Crippen molar-refractivity contribution in [3.8, 4) is 6.07 Å². The first-order valence-corrected chi connectivity index (χ1v) is 5.35. The van der Waals surface area contributed by atoms with E-state index in [0.717, 1.165) is 6.07 Å². The Bertz CT molecular complexity index is 574. The zero-order valence-corrected chi connectivity index (χ0v) is 10.1. The minimum atomic E-state index is -0.734. The molecule has 0 heterocycles. The predicted molar refractivity (Wildman–Crippen MR) is 63.5 cm³/mol. The summed E-state index contributed by atoms with van der Waals surface area (Å²) < 4.78 is 4.69. The van der Waals surface area contributed by atoms with E-state index >= 15 is 0 Å². The molecular weight excluding hydrogens is 252 g/mol. The number of nitro benzene ring substituents is 1. The van der Waals surface area contributed by atoms with Crippen LogP contribution in [0.2, 0.25) is 0 Å². The minimum absolute atomic E-state index is 0.0126. The third-order valence-corrected chi connectivity index (χ3v) is 2.34. The highest BCUT2D eigenvalue weighted by atomic mass is 16.6. The third kappa shape index (κ3) is 3.35. The summed E-state index contributed by atoms with van der Waals surface area (Å²) in [7, 11) is 0. The first-order valence-electron chi connectivity index (χ1n) is 5.35. The number of nitrogens with zero attached hydrogens (tertiary/aromatic N) is 2. The highest BCUT2D eigenvalue weighted by molar-refractivity contribution is 5.85. The van der Waals surface area contributed by atoms with Gasteiger partial charge >= 0.3 is 5.97 Å². The molecule has 1 aromatic carbocycles. The highest BCUT2D eigenvalue weighted by Gasteiger charge is 2.22. The van der Waals surface area contributed by atoms with Crippen LogP contribution in [0.15, 0.2) is 12.1 Å². The quantitative estimate of drug-likeness (QED) is 0.343. The molecule has 0 spiro atoms. The van der Waals surface area contributed by atoms with Crippen molar-refractivity contribution in [2.24, 2.45) is 0 Å². The van der Waals surface area contributed by atoms with Crippen LogP contribution >= 0.6 is 0 Å². The molecule has 98 valence electrons. The summed E-state index contributed by atoms with van der Waals surface area (Å²) in [6, 6.07) is 3.96. The van der Waals surface area contributed by atoms with Crippen molar-refractivity contribution in [1.82, 2.24) is 0 Å². The maximum atomic E-state index is 11.4. The number of esters is 1. The zero-order chi connectivity index (χ0) is 14.4. The molecule has 0 atom stereocenters. The van der Waals surface area contributed by atoms with E-state index in [0.29, 0.717) is 6.29 Å². The molecule has 0 aliphatic rings. The Hall–Kier alpha value is -2.75. The second kappa shape index (κ2) is 6.26. The van der Waals surface area contributed by atoms with Crippen molar-refractivity contribution in [2.45, 2.75) is 13.3 Å². The van der Waals surface area contributed by atoms with Gasteiger partial charge in [-0.1, -0.05) is 0 Å². The van der Waals surface area contributed by atoms with Gasteiger partial charge in [-0.15, -0.1) is 0 Å². The van der Waals surface area contributed by atoms with Gasteiger partial charge in [-0.25, -0.2) is 0 Å². The minimum Gasteiger partial charge on any atom is -0.466 e. The molecule has 0 saturated carbocycles. The number of nitriles is 1. The largest absolute Gasteiger partial charge is 0.466 e. The topological polar surface area (TPSA) is 110 Å². The van der Waals surface area contributed by atoms with Gasteiger partial charge in [0.05, 0.1) is 35.1 Å². The Morgan fingerprint density at radius 3 is 2.74 bits per heavy atom. The zero-order valence-electron chi connectivity index (χ0n) is 10.1. The number of hydrogen-bond donors (Lipinski definition) is 0. The molecular formula is C12H10N2O5. The van der Waals surface area contributed by atoms with Gasteiger partial charge in [-0.05, 0) is 13.0 Å². The first-order chi connectivity index (χ1) is 9.03. The van der Waals surface area contributed by atoms with Crippen LogP contribution in [0.25, 0.3) is 0 Å². The molecule has 0 fully saturated rings. The number of rotatable bonds is 5. The molecule has 0 aliphatic heterocycles. The summed E-state index contributed by atoms with van der Waals surface area (Å²) in [4.78, 5) is 32.5. The molecule has 0 bridgehead atoms. The predicted octanol–water partition coefficient (Wildman–Crippen LogP) is 1.38. The lowest BCUT2D eigenvalue weighted by molar-refractivity contribution is -0.385. The molecule has 0 aliphatic carbocycles. The fraction of sp³-hybridized carbons (Fsp3) is 0.250. The second-order valence-electron chi connectivity index (χ2n) is 3.53. The molecule has 0 N–H and O–H groups in total. The lowest BCUT2D eigenvalue weighted by Crippen LogP contribution is -2.11. The van der Waals surface area contributed by atoms with Crippen molar-refractivity contribution in [3.05, 3.63) is 38.9 Å². The third-order valence-electron chi connectivity index (χ3n) is 2.34. The summed E-state index contributed by atoms with van der Waals surface area (Å²) in [5.74, 6) is -0.668. The van der Waals surface area contributed by atoms with Gasteiger partial charge in [-0.3, -0.25) is 19.7 Å². The van der Waals surface area contributed by atoms with Crippen LogP contribution in [0.3, 0.4) is 0 Å². The van der Waals surface area contributed by atoms with Crippen LogP contribution in [0.1, 0.15) is 28.4 Å². The van der Waals surface area contributed by atoms with E-state index in [2.05, 4.69) is 0 Å². The normalized spacial score (nSPS) is 9.47. The van der Waals surface area contributed by atoms with Gasteiger partial charge in [0.25, 0.3) is 5.69 Å². The number of aldehydes is 1. The van der Waals surface area contributed by atoms with Gasteiger partial charge in [0, 0.05) is 11.6 Å². The molecule has 0 radical (unpaired) electrons. The van der Waals surface area contributed by atoms with E-state index < -0.39 is 16.6 Å². The van der Waals surface area contributed by atoms with Crippen LogP contribution in [0, 0.1) is 21.4 Å². The number of ether oxygens (including phenoxy) is 1. The van der Waals surface area contributed by atoms with Crippen LogP contribution in [0.5, 0.6) is 0 Å². The van der Waals surface area contributed by atoms with E-state index in [9.17, 15) is 19.7 Å². The number of benzene rings is 1. The van der Waals surface area contributed by atoms with Gasteiger partial charge in [-0.2, -0.15) is 5.26 Å². The maximum Gasteiger partial charge on any atom is 0.310 e. The Morgan fingerprint density at radius 1 is 1.58 bits per heavy atom. The lowest BCUT2D eigenvalue weighted by Gasteiger charge is -2.06. The lowest BCUT2D eigenvalue weighted by atomic mass is 10.0. The molecule has 0 amide bonds. The molecule has 0 saturated heterocycles.